The zero-order chi connectivity index (χ0) is 14.5. The van der Waals surface area contributed by atoms with Crippen LogP contribution < -0.4 is 10.6 Å². The molecular formula is C15H16N2OS2. The van der Waals surface area contributed by atoms with E-state index in [1.807, 2.05) is 49.4 Å². The second-order valence-corrected chi connectivity index (χ2v) is 6.23. The van der Waals surface area contributed by atoms with Crippen molar-refractivity contribution in [2.75, 3.05) is 11.4 Å². The molecule has 0 atom stereocenters. The number of carbonyl (C=O) groups is 1. The Hall–Kier alpha value is -1.72. The van der Waals surface area contributed by atoms with Crippen LogP contribution in [0.4, 0.5) is 5.69 Å². The van der Waals surface area contributed by atoms with Crippen LogP contribution in [0, 0.1) is 6.92 Å². The van der Waals surface area contributed by atoms with Gasteiger partial charge in [-0.3, -0.25) is 4.79 Å². The van der Waals surface area contributed by atoms with E-state index >= 15 is 0 Å². The van der Waals surface area contributed by atoms with E-state index in [-0.39, 0.29) is 5.91 Å². The topological polar surface area (TPSA) is 46.3 Å². The van der Waals surface area contributed by atoms with Gasteiger partial charge in [0, 0.05) is 23.5 Å². The van der Waals surface area contributed by atoms with Crippen molar-refractivity contribution in [1.82, 2.24) is 0 Å². The van der Waals surface area contributed by atoms with E-state index in [2.05, 4.69) is 0 Å². The summed E-state index contributed by atoms with van der Waals surface area (Å²) >= 11 is 6.41. The molecule has 0 fully saturated rings. The van der Waals surface area contributed by atoms with E-state index < -0.39 is 0 Å². The maximum atomic E-state index is 12.6. The number of para-hydroxylation sites is 1. The Labute approximate surface area is 128 Å². The maximum Gasteiger partial charge on any atom is 0.268 e. The largest absolute Gasteiger partial charge is 0.393 e. The molecule has 0 aliphatic heterocycles. The number of hydrogen-bond donors (Lipinski definition) is 1. The zero-order valence-corrected chi connectivity index (χ0v) is 12.8. The number of carbonyl (C=O) groups excluding carboxylic acids is 1. The fraction of sp³-hybridized carbons (Fsp3) is 0.200. The van der Waals surface area contributed by atoms with Gasteiger partial charge in [-0.1, -0.05) is 30.4 Å². The van der Waals surface area contributed by atoms with Gasteiger partial charge >= 0.3 is 0 Å². The lowest BCUT2D eigenvalue weighted by atomic mass is 10.2. The van der Waals surface area contributed by atoms with Crippen molar-refractivity contribution in [3.8, 4) is 0 Å². The van der Waals surface area contributed by atoms with Crippen molar-refractivity contribution in [2.45, 2.75) is 13.3 Å². The first-order valence-electron chi connectivity index (χ1n) is 6.29. The minimum Gasteiger partial charge on any atom is -0.393 e. The summed E-state index contributed by atoms with van der Waals surface area (Å²) in [6.07, 6.45) is 0.514. The van der Waals surface area contributed by atoms with Crippen LogP contribution in [0.25, 0.3) is 0 Å². The first-order chi connectivity index (χ1) is 9.58. The number of hydrogen-bond acceptors (Lipinski definition) is 3. The van der Waals surface area contributed by atoms with Crippen LogP contribution in [0.3, 0.4) is 0 Å². The van der Waals surface area contributed by atoms with E-state index in [9.17, 15) is 4.79 Å². The molecule has 0 bridgehead atoms. The Morgan fingerprint density at radius 2 is 1.95 bits per heavy atom. The number of nitrogens with zero attached hydrogens (tertiary/aromatic N) is 1. The zero-order valence-electron chi connectivity index (χ0n) is 11.2. The van der Waals surface area contributed by atoms with Gasteiger partial charge in [0.05, 0.1) is 9.87 Å². The van der Waals surface area contributed by atoms with E-state index in [0.717, 1.165) is 15.4 Å². The molecule has 1 aromatic carbocycles. The van der Waals surface area contributed by atoms with Gasteiger partial charge in [-0.15, -0.1) is 11.3 Å². The highest BCUT2D eigenvalue weighted by Gasteiger charge is 2.18. The molecule has 0 radical (unpaired) electrons. The van der Waals surface area contributed by atoms with Crippen molar-refractivity contribution < 1.29 is 4.79 Å². The van der Waals surface area contributed by atoms with Crippen molar-refractivity contribution >= 4 is 40.1 Å². The lowest BCUT2D eigenvalue weighted by Crippen LogP contribution is -2.33. The van der Waals surface area contributed by atoms with Gasteiger partial charge in [0.2, 0.25) is 0 Å². The molecule has 104 valence electrons. The number of amides is 1. The second-order valence-electron chi connectivity index (χ2n) is 4.42. The van der Waals surface area contributed by atoms with Crippen molar-refractivity contribution in [1.29, 1.82) is 0 Å². The Bertz CT molecular complexity index is 607. The summed E-state index contributed by atoms with van der Waals surface area (Å²) in [5, 5.41) is 0. The van der Waals surface area contributed by atoms with E-state index in [0.29, 0.717) is 18.0 Å². The van der Waals surface area contributed by atoms with Gasteiger partial charge in [0.25, 0.3) is 5.91 Å². The minimum atomic E-state index is -0.00875. The number of anilines is 1. The Kier molecular flexibility index (Phi) is 4.87. The smallest absolute Gasteiger partial charge is 0.268 e. The van der Waals surface area contributed by atoms with Gasteiger partial charge < -0.3 is 10.6 Å². The molecule has 2 rings (SSSR count). The first-order valence-corrected chi connectivity index (χ1v) is 7.52. The predicted molar refractivity (Wildman–Crippen MR) is 88.6 cm³/mol. The highest BCUT2D eigenvalue weighted by molar-refractivity contribution is 7.80. The fourth-order valence-corrected chi connectivity index (χ4v) is 2.77. The molecule has 1 aromatic heterocycles. The summed E-state index contributed by atoms with van der Waals surface area (Å²) in [5.74, 6) is -0.00875. The molecule has 1 amide bonds. The van der Waals surface area contributed by atoms with Gasteiger partial charge in [-0.25, -0.2) is 0 Å². The SMILES string of the molecule is Cc1ccc(C(=O)N(CCC(N)=S)c2ccccc2)s1. The first kappa shape index (κ1) is 14.7. The van der Waals surface area contributed by atoms with Gasteiger partial charge in [-0.05, 0) is 31.2 Å². The van der Waals surface area contributed by atoms with Crippen LogP contribution in [0.2, 0.25) is 0 Å². The van der Waals surface area contributed by atoms with Crippen LogP contribution >= 0.6 is 23.6 Å². The number of benzene rings is 1. The van der Waals surface area contributed by atoms with Gasteiger partial charge in [0.1, 0.15) is 0 Å². The summed E-state index contributed by atoms with van der Waals surface area (Å²) in [6.45, 7) is 2.48. The van der Waals surface area contributed by atoms with Gasteiger partial charge in [0.15, 0.2) is 0 Å². The van der Waals surface area contributed by atoms with Crippen LogP contribution in [0.5, 0.6) is 0 Å². The molecule has 0 aliphatic rings. The highest BCUT2D eigenvalue weighted by Crippen LogP contribution is 2.22. The summed E-state index contributed by atoms with van der Waals surface area (Å²) in [7, 11) is 0. The molecule has 20 heavy (non-hydrogen) atoms. The Morgan fingerprint density at radius 3 is 2.50 bits per heavy atom. The van der Waals surface area contributed by atoms with E-state index in [1.54, 1.807) is 4.90 Å². The summed E-state index contributed by atoms with van der Waals surface area (Å²) in [6, 6.07) is 13.4. The monoisotopic (exact) mass is 304 g/mol. The number of thiocarbonyl (C=S) groups is 1. The molecule has 0 saturated carbocycles. The minimum absolute atomic E-state index is 0.00875. The molecule has 2 N–H and O–H groups in total. The highest BCUT2D eigenvalue weighted by atomic mass is 32.1. The van der Waals surface area contributed by atoms with Crippen molar-refractivity contribution in [3.05, 3.63) is 52.2 Å². The lowest BCUT2D eigenvalue weighted by Gasteiger charge is -2.22. The molecule has 0 spiro atoms. The Morgan fingerprint density at radius 1 is 1.25 bits per heavy atom. The van der Waals surface area contributed by atoms with Crippen LogP contribution in [0.15, 0.2) is 42.5 Å². The van der Waals surface area contributed by atoms with Crippen LogP contribution in [0.1, 0.15) is 21.0 Å². The molecule has 3 nitrogen and oxygen atoms in total. The molecule has 1 heterocycles. The maximum absolute atomic E-state index is 12.6. The van der Waals surface area contributed by atoms with Crippen LogP contribution in [-0.4, -0.2) is 17.4 Å². The lowest BCUT2D eigenvalue weighted by molar-refractivity contribution is 0.0991. The van der Waals surface area contributed by atoms with Crippen LogP contribution in [-0.2, 0) is 0 Å². The van der Waals surface area contributed by atoms with E-state index in [1.165, 1.54) is 11.3 Å². The summed E-state index contributed by atoms with van der Waals surface area (Å²) < 4.78 is 0. The quantitative estimate of drug-likeness (QED) is 0.861. The normalized spacial score (nSPS) is 10.2. The third-order valence-corrected chi connectivity index (χ3v) is 4.04. The average molecular weight is 304 g/mol. The predicted octanol–water partition coefficient (Wildman–Crippen LogP) is 3.38. The third-order valence-electron chi connectivity index (χ3n) is 2.85. The summed E-state index contributed by atoms with van der Waals surface area (Å²) in [5.41, 5.74) is 6.42. The van der Waals surface area contributed by atoms with Crippen molar-refractivity contribution in [2.24, 2.45) is 5.73 Å². The number of nitrogens with two attached hydrogens (primary N) is 1. The molecule has 2 aromatic rings. The molecule has 5 heteroatoms. The van der Waals surface area contributed by atoms with Gasteiger partial charge in [-0.2, -0.15) is 0 Å². The Balaban J connectivity index is 2.26. The van der Waals surface area contributed by atoms with Crippen molar-refractivity contribution in [3.63, 3.8) is 0 Å². The second kappa shape index (κ2) is 6.63. The summed E-state index contributed by atoms with van der Waals surface area (Å²) in [4.78, 5) is 16.6. The third kappa shape index (κ3) is 3.65. The number of rotatable bonds is 5. The fourth-order valence-electron chi connectivity index (χ4n) is 1.86. The molecule has 0 aliphatic carbocycles. The van der Waals surface area contributed by atoms with E-state index in [4.69, 9.17) is 18.0 Å². The standard InChI is InChI=1S/C15H16N2OS2/c1-11-7-8-13(20-11)15(18)17(10-9-14(16)19)12-5-3-2-4-6-12/h2-8H,9-10H2,1H3,(H2,16,19). The molecule has 0 unspecified atom stereocenters. The molecule has 0 saturated heterocycles. The average Bonchev–Trinajstić information content (AvgIpc) is 2.86. The number of thiophene rings is 1. The molecular weight excluding hydrogens is 288 g/mol. The number of aryl methyl sites for hydroxylation is 1.